The molecule has 2 aromatic carbocycles. The monoisotopic (exact) mass is 359 g/mol. The van der Waals surface area contributed by atoms with Crippen LogP contribution in [0.25, 0.3) is 0 Å². The van der Waals surface area contributed by atoms with E-state index in [1.807, 2.05) is 41.3 Å². The van der Waals surface area contributed by atoms with Gasteiger partial charge < -0.3 is 4.90 Å². The molecular weight excluding hydrogens is 334 g/mol. The van der Waals surface area contributed by atoms with Gasteiger partial charge in [-0.3, -0.25) is 9.69 Å². The number of hydrogen-bond acceptors (Lipinski definition) is 3. The quantitative estimate of drug-likeness (QED) is 0.815. The second kappa shape index (κ2) is 7.54. The molecule has 0 unspecified atom stereocenters. The lowest BCUT2D eigenvalue weighted by Gasteiger charge is -2.44. The second-order valence-corrected chi connectivity index (χ2v) is 7.68. The van der Waals surface area contributed by atoms with Gasteiger partial charge in [0.05, 0.1) is 6.07 Å². The highest BCUT2D eigenvalue weighted by Gasteiger charge is 2.49. The number of rotatable bonds is 5. The first-order valence-electron chi connectivity index (χ1n) is 9.78. The summed E-state index contributed by atoms with van der Waals surface area (Å²) in [6, 6.07) is 22.6. The maximum absolute atomic E-state index is 13.2. The number of likely N-dealkylation sites (tertiary alicyclic amines) is 1. The molecule has 1 heterocycles. The third-order valence-corrected chi connectivity index (χ3v) is 5.75. The minimum atomic E-state index is -0.679. The van der Waals surface area contributed by atoms with Crippen molar-refractivity contribution in [1.29, 1.82) is 5.26 Å². The van der Waals surface area contributed by atoms with Gasteiger partial charge in [0, 0.05) is 31.2 Å². The zero-order valence-electron chi connectivity index (χ0n) is 15.6. The van der Waals surface area contributed by atoms with Gasteiger partial charge in [-0.15, -0.1) is 0 Å². The molecule has 4 rings (SSSR count). The number of hydrogen-bond donors (Lipinski definition) is 0. The van der Waals surface area contributed by atoms with Crippen LogP contribution in [0.15, 0.2) is 60.7 Å². The maximum Gasteiger partial charge on any atom is 0.255 e. The van der Waals surface area contributed by atoms with E-state index in [4.69, 9.17) is 0 Å². The standard InChI is InChI=1S/C23H25N3O/c24-18-23(13-15-25(16-14-23)17-19-7-3-1-4-8-19)26(21-11-12-21)22(27)20-9-5-2-6-10-20/h1-10,21H,11-17H2. The van der Waals surface area contributed by atoms with Crippen LogP contribution in [0.4, 0.5) is 0 Å². The van der Waals surface area contributed by atoms with E-state index < -0.39 is 5.54 Å². The Bertz CT molecular complexity index is 816. The summed E-state index contributed by atoms with van der Waals surface area (Å²) < 4.78 is 0. The Morgan fingerprint density at radius 1 is 1.04 bits per heavy atom. The molecule has 138 valence electrons. The third kappa shape index (κ3) is 3.74. The summed E-state index contributed by atoms with van der Waals surface area (Å²) in [6.07, 6.45) is 3.45. The average molecular weight is 359 g/mol. The molecule has 2 fully saturated rings. The van der Waals surface area contributed by atoms with Gasteiger partial charge in [0.15, 0.2) is 0 Å². The van der Waals surface area contributed by atoms with E-state index in [9.17, 15) is 10.1 Å². The van der Waals surface area contributed by atoms with Crippen molar-refractivity contribution in [1.82, 2.24) is 9.80 Å². The zero-order valence-corrected chi connectivity index (χ0v) is 15.6. The lowest BCUT2D eigenvalue weighted by atomic mass is 9.86. The maximum atomic E-state index is 13.2. The number of nitrogens with zero attached hydrogens (tertiary/aromatic N) is 3. The van der Waals surface area contributed by atoms with Gasteiger partial charge in [0.2, 0.25) is 0 Å². The van der Waals surface area contributed by atoms with Gasteiger partial charge in [-0.1, -0.05) is 48.5 Å². The molecule has 2 aromatic rings. The van der Waals surface area contributed by atoms with Crippen LogP contribution >= 0.6 is 0 Å². The van der Waals surface area contributed by atoms with Crippen LogP contribution in [0.2, 0.25) is 0 Å². The molecule has 1 aliphatic carbocycles. The molecule has 0 N–H and O–H groups in total. The molecule has 4 nitrogen and oxygen atoms in total. The van der Waals surface area contributed by atoms with Crippen LogP contribution < -0.4 is 0 Å². The van der Waals surface area contributed by atoms with Gasteiger partial charge in [0.1, 0.15) is 5.54 Å². The van der Waals surface area contributed by atoms with Crippen molar-refractivity contribution in [2.75, 3.05) is 13.1 Å². The van der Waals surface area contributed by atoms with Gasteiger partial charge in [-0.05, 0) is 43.4 Å². The van der Waals surface area contributed by atoms with Crippen molar-refractivity contribution in [3.8, 4) is 6.07 Å². The average Bonchev–Trinajstić information content (AvgIpc) is 3.56. The predicted octanol–water partition coefficient (Wildman–Crippen LogP) is 3.85. The topological polar surface area (TPSA) is 47.3 Å². The number of carbonyl (C=O) groups is 1. The minimum Gasteiger partial charge on any atom is -0.317 e. The highest BCUT2D eigenvalue weighted by molar-refractivity contribution is 5.95. The van der Waals surface area contributed by atoms with Gasteiger partial charge in [-0.2, -0.15) is 5.26 Å². The fourth-order valence-electron chi connectivity index (χ4n) is 4.09. The molecule has 0 bridgehead atoms. The number of carbonyl (C=O) groups excluding carboxylic acids is 1. The van der Waals surface area contributed by atoms with Crippen molar-refractivity contribution >= 4 is 5.91 Å². The summed E-state index contributed by atoms with van der Waals surface area (Å²) in [5, 5.41) is 10.1. The Morgan fingerprint density at radius 2 is 1.63 bits per heavy atom. The second-order valence-electron chi connectivity index (χ2n) is 7.68. The smallest absolute Gasteiger partial charge is 0.255 e. The van der Waals surface area contributed by atoms with Gasteiger partial charge in [0.25, 0.3) is 5.91 Å². The van der Waals surface area contributed by atoms with Crippen molar-refractivity contribution in [2.45, 2.75) is 43.8 Å². The molecule has 0 atom stereocenters. The van der Waals surface area contributed by atoms with Crippen LogP contribution in [-0.2, 0) is 6.54 Å². The highest BCUT2D eigenvalue weighted by atomic mass is 16.2. The fraction of sp³-hybridized carbons (Fsp3) is 0.391. The summed E-state index contributed by atoms with van der Waals surface area (Å²) >= 11 is 0. The molecular formula is C23H25N3O. The fourth-order valence-corrected chi connectivity index (χ4v) is 4.09. The first-order valence-corrected chi connectivity index (χ1v) is 9.78. The lowest BCUT2D eigenvalue weighted by molar-refractivity contribution is 0.0354. The van der Waals surface area contributed by atoms with Gasteiger partial charge in [-0.25, -0.2) is 0 Å². The van der Waals surface area contributed by atoms with E-state index in [-0.39, 0.29) is 11.9 Å². The molecule has 1 aliphatic heterocycles. The third-order valence-electron chi connectivity index (χ3n) is 5.75. The van der Waals surface area contributed by atoms with Crippen LogP contribution in [0.1, 0.15) is 41.6 Å². The van der Waals surface area contributed by atoms with E-state index in [0.29, 0.717) is 18.4 Å². The first kappa shape index (κ1) is 17.8. The van der Waals surface area contributed by atoms with Crippen molar-refractivity contribution in [3.05, 3.63) is 71.8 Å². The Balaban J connectivity index is 1.50. The predicted molar refractivity (Wildman–Crippen MR) is 105 cm³/mol. The summed E-state index contributed by atoms with van der Waals surface area (Å²) in [5.41, 5.74) is 1.30. The van der Waals surface area contributed by atoms with E-state index in [1.54, 1.807) is 0 Å². The normalized spacial score (nSPS) is 19.2. The molecule has 0 radical (unpaired) electrons. The van der Waals surface area contributed by atoms with Crippen LogP contribution in [0.3, 0.4) is 0 Å². The Kier molecular flexibility index (Phi) is 4.96. The molecule has 1 amide bonds. The summed E-state index contributed by atoms with van der Waals surface area (Å²) in [4.78, 5) is 17.5. The summed E-state index contributed by atoms with van der Waals surface area (Å²) in [5.74, 6) is 0.0103. The van der Waals surface area contributed by atoms with E-state index in [1.165, 1.54) is 5.56 Å². The molecule has 2 aliphatic rings. The number of amides is 1. The van der Waals surface area contributed by atoms with Gasteiger partial charge >= 0.3 is 0 Å². The Labute approximate surface area is 161 Å². The SMILES string of the molecule is N#CC1(N(C(=O)c2ccccc2)C2CC2)CCN(Cc2ccccc2)CC1. The summed E-state index contributed by atoms with van der Waals surface area (Å²) in [6.45, 7) is 2.58. The molecule has 27 heavy (non-hydrogen) atoms. The van der Waals surface area contributed by atoms with Crippen molar-refractivity contribution < 1.29 is 4.79 Å². The largest absolute Gasteiger partial charge is 0.317 e. The molecule has 4 heteroatoms. The molecule has 1 saturated carbocycles. The number of piperidine rings is 1. The van der Waals surface area contributed by atoms with Crippen molar-refractivity contribution in [2.24, 2.45) is 0 Å². The number of benzene rings is 2. The zero-order chi connectivity index (χ0) is 18.7. The van der Waals surface area contributed by atoms with Crippen LogP contribution in [-0.4, -0.2) is 40.4 Å². The molecule has 0 spiro atoms. The van der Waals surface area contributed by atoms with E-state index >= 15 is 0 Å². The molecule has 1 saturated heterocycles. The number of nitriles is 1. The lowest BCUT2D eigenvalue weighted by Crippen LogP contribution is -2.57. The van der Waals surface area contributed by atoms with E-state index in [0.717, 1.165) is 32.5 Å². The Morgan fingerprint density at radius 3 is 2.19 bits per heavy atom. The molecule has 0 aromatic heterocycles. The van der Waals surface area contributed by atoms with Crippen LogP contribution in [0.5, 0.6) is 0 Å². The van der Waals surface area contributed by atoms with E-state index in [2.05, 4.69) is 35.2 Å². The summed E-state index contributed by atoms with van der Waals surface area (Å²) in [7, 11) is 0. The van der Waals surface area contributed by atoms with Crippen LogP contribution in [0, 0.1) is 11.3 Å². The Hall–Kier alpha value is -2.64. The van der Waals surface area contributed by atoms with Crippen molar-refractivity contribution in [3.63, 3.8) is 0 Å². The highest BCUT2D eigenvalue weighted by Crippen LogP contribution is 2.39. The minimum absolute atomic E-state index is 0.0103. The first-order chi connectivity index (χ1) is 13.2.